The third-order valence-corrected chi connectivity index (χ3v) is 4.92. The van der Waals surface area contributed by atoms with E-state index in [2.05, 4.69) is 20.9 Å². The van der Waals surface area contributed by atoms with Crippen LogP contribution in [0.1, 0.15) is 11.1 Å². The van der Waals surface area contributed by atoms with E-state index >= 15 is 0 Å². The number of anilines is 1. The summed E-state index contributed by atoms with van der Waals surface area (Å²) in [7, 11) is 5.66. The van der Waals surface area contributed by atoms with Crippen molar-refractivity contribution in [3.05, 3.63) is 71.2 Å². The number of methoxy groups -OCH3 is 1. The van der Waals surface area contributed by atoms with Gasteiger partial charge in [-0.15, -0.1) is 11.3 Å². The normalized spacial score (nSPS) is 14.8. The number of ether oxygens (including phenoxy) is 1. The molecule has 0 atom stereocenters. The molecular formula is C21H19N5OS. The molecule has 0 bridgehead atoms. The summed E-state index contributed by atoms with van der Waals surface area (Å²) in [4.78, 5) is 20.6. The topological polar surface area (TPSA) is 62.4 Å². The second kappa shape index (κ2) is 7.74. The number of hydrogen-bond donors (Lipinski definition) is 0. The summed E-state index contributed by atoms with van der Waals surface area (Å²) in [5.74, 6) is 1.85. The highest BCUT2D eigenvalue weighted by Crippen LogP contribution is 2.27. The number of amidine groups is 2. The maximum atomic E-state index is 5.49. The van der Waals surface area contributed by atoms with Crippen molar-refractivity contribution in [2.75, 3.05) is 26.1 Å². The smallest absolute Gasteiger partial charge is 0.211 e. The molecule has 2 heterocycles. The lowest BCUT2D eigenvalue weighted by Crippen LogP contribution is -2.17. The summed E-state index contributed by atoms with van der Waals surface area (Å²) in [5.41, 5.74) is 3.57. The van der Waals surface area contributed by atoms with Gasteiger partial charge in [-0.25, -0.2) is 15.0 Å². The molecule has 0 amide bonds. The van der Waals surface area contributed by atoms with Crippen molar-refractivity contribution in [1.29, 1.82) is 0 Å². The number of rotatable bonds is 5. The predicted octanol–water partition coefficient (Wildman–Crippen LogP) is 4.20. The van der Waals surface area contributed by atoms with Crippen molar-refractivity contribution in [2.45, 2.75) is 0 Å². The highest BCUT2D eigenvalue weighted by atomic mass is 32.1. The summed E-state index contributed by atoms with van der Waals surface area (Å²) in [6, 6.07) is 15.8. The van der Waals surface area contributed by atoms with Gasteiger partial charge in [0, 0.05) is 36.9 Å². The maximum absolute atomic E-state index is 5.49. The zero-order valence-electron chi connectivity index (χ0n) is 15.8. The Morgan fingerprint density at radius 1 is 0.964 bits per heavy atom. The van der Waals surface area contributed by atoms with E-state index in [1.54, 1.807) is 13.3 Å². The lowest BCUT2D eigenvalue weighted by molar-refractivity contribution is 0.414. The van der Waals surface area contributed by atoms with Crippen molar-refractivity contribution in [1.82, 2.24) is 4.98 Å². The van der Waals surface area contributed by atoms with Crippen LogP contribution in [0.4, 0.5) is 10.8 Å². The summed E-state index contributed by atoms with van der Waals surface area (Å²) in [5, 5.41) is 2.54. The van der Waals surface area contributed by atoms with Crippen LogP contribution in [0.3, 0.4) is 0 Å². The zero-order chi connectivity index (χ0) is 19.5. The van der Waals surface area contributed by atoms with E-state index in [0.717, 1.165) is 28.3 Å². The maximum Gasteiger partial charge on any atom is 0.211 e. The SMILES string of the molecule is COc1ccccc1C1=NC(=Nc2nccs2)C(c2ccccc2N(C)C)=N1. The molecule has 4 rings (SSSR count). The second-order valence-electron chi connectivity index (χ2n) is 6.26. The number of nitrogens with zero attached hydrogens (tertiary/aromatic N) is 5. The number of benzene rings is 2. The van der Waals surface area contributed by atoms with Gasteiger partial charge >= 0.3 is 0 Å². The molecule has 0 saturated carbocycles. The molecule has 1 aliphatic heterocycles. The first-order chi connectivity index (χ1) is 13.7. The zero-order valence-corrected chi connectivity index (χ0v) is 16.6. The van der Waals surface area contributed by atoms with Gasteiger partial charge < -0.3 is 9.64 Å². The number of para-hydroxylation sites is 2. The van der Waals surface area contributed by atoms with Gasteiger partial charge in [0.2, 0.25) is 5.13 Å². The van der Waals surface area contributed by atoms with E-state index in [-0.39, 0.29) is 0 Å². The summed E-state index contributed by atoms with van der Waals surface area (Å²) < 4.78 is 5.49. The van der Waals surface area contributed by atoms with Crippen LogP contribution in [0, 0.1) is 0 Å². The van der Waals surface area contributed by atoms with Gasteiger partial charge in [-0.05, 0) is 18.2 Å². The molecule has 3 aromatic rings. The third kappa shape index (κ3) is 3.44. The number of hydrogen-bond acceptors (Lipinski definition) is 6. The molecule has 0 spiro atoms. The van der Waals surface area contributed by atoms with Crippen molar-refractivity contribution in [2.24, 2.45) is 15.0 Å². The molecular weight excluding hydrogens is 370 g/mol. The van der Waals surface area contributed by atoms with Crippen LogP contribution in [0.5, 0.6) is 5.75 Å². The van der Waals surface area contributed by atoms with Crippen LogP contribution >= 0.6 is 11.3 Å². The standard InChI is InChI=1S/C21H19N5OS/c1-26(2)16-10-6-4-8-14(16)18-20(25-21-22-12-13-28-21)24-19(23-18)15-9-5-7-11-17(15)27-3/h4-13H,1-3H3. The van der Waals surface area contributed by atoms with E-state index in [1.807, 2.05) is 61.9 Å². The van der Waals surface area contributed by atoms with Gasteiger partial charge in [0.1, 0.15) is 11.5 Å². The average molecular weight is 389 g/mol. The minimum absolute atomic E-state index is 0.546. The Hall–Kier alpha value is -3.32. The number of aromatic nitrogens is 1. The largest absolute Gasteiger partial charge is 0.496 e. The molecule has 2 aromatic carbocycles. The van der Waals surface area contributed by atoms with Gasteiger partial charge in [0.25, 0.3) is 0 Å². The second-order valence-corrected chi connectivity index (χ2v) is 7.13. The van der Waals surface area contributed by atoms with Gasteiger partial charge in [-0.2, -0.15) is 4.99 Å². The van der Waals surface area contributed by atoms with E-state index in [9.17, 15) is 0 Å². The Bertz CT molecular complexity index is 1080. The minimum Gasteiger partial charge on any atom is -0.496 e. The predicted molar refractivity (Wildman–Crippen MR) is 116 cm³/mol. The highest BCUT2D eigenvalue weighted by Gasteiger charge is 2.25. The first-order valence-corrected chi connectivity index (χ1v) is 9.61. The fraction of sp³-hybridized carbons (Fsp3) is 0.143. The lowest BCUT2D eigenvalue weighted by Gasteiger charge is -2.17. The van der Waals surface area contributed by atoms with Crippen molar-refractivity contribution in [3.8, 4) is 5.75 Å². The van der Waals surface area contributed by atoms with Gasteiger partial charge in [-0.3, -0.25) is 0 Å². The summed E-state index contributed by atoms with van der Waals surface area (Å²) >= 11 is 1.46. The van der Waals surface area contributed by atoms with E-state index in [0.29, 0.717) is 16.8 Å². The van der Waals surface area contributed by atoms with Crippen LogP contribution in [-0.4, -0.2) is 43.6 Å². The van der Waals surface area contributed by atoms with Crippen LogP contribution in [0.15, 0.2) is 75.1 Å². The molecule has 1 aliphatic rings. The van der Waals surface area contributed by atoms with E-state index in [4.69, 9.17) is 14.7 Å². The van der Waals surface area contributed by atoms with Crippen LogP contribution < -0.4 is 9.64 Å². The molecule has 0 saturated heterocycles. The molecule has 28 heavy (non-hydrogen) atoms. The quantitative estimate of drug-likeness (QED) is 0.657. The Balaban J connectivity index is 1.88. The van der Waals surface area contributed by atoms with Crippen molar-refractivity contribution in [3.63, 3.8) is 0 Å². The van der Waals surface area contributed by atoms with Crippen molar-refractivity contribution >= 4 is 39.5 Å². The molecule has 6 nitrogen and oxygen atoms in total. The molecule has 1 aromatic heterocycles. The first kappa shape index (κ1) is 18.1. The lowest BCUT2D eigenvalue weighted by atomic mass is 10.1. The third-order valence-electron chi connectivity index (χ3n) is 4.25. The molecule has 7 heteroatoms. The van der Waals surface area contributed by atoms with Crippen molar-refractivity contribution < 1.29 is 4.74 Å². The van der Waals surface area contributed by atoms with E-state index < -0.39 is 0 Å². The monoisotopic (exact) mass is 389 g/mol. The highest BCUT2D eigenvalue weighted by molar-refractivity contribution is 7.13. The minimum atomic E-state index is 0.546. The molecule has 0 N–H and O–H groups in total. The molecule has 0 unspecified atom stereocenters. The molecule has 0 aliphatic carbocycles. The Morgan fingerprint density at radius 3 is 2.43 bits per heavy atom. The van der Waals surface area contributed by atoms with Crippen LogP contribution in [0.2, 0.25) is 0 Å². The summed E-state index contributed by atoms with van der Waals surface area (Å²) in [6.07, 6.45) is 1.73. The van der Waals surface area contributed by atoms with E-state index in [1.165, 1.54) is 11.3 Å². The van der Waals surface area contributed by atoms with Gasteiger partial charge in [0.05, 0.1) is 12.7 Å². The fourth-order valence-corrected chi connectivity index (χ4v) is 3.47. The van der Waals surface area contributed by atoms with Crippen LogP contribution in [-0.2, 0) is 0 Å². The molecule has 0 radical (unpaired) electrons. The average Bonchev–Trinajstić information content (AvgIpc) is 3.38. The Morgan fingerprint density at radius 2 is 1.71 bits per heavy atom. The van der Waals surface area contributed by atoms with Crippen LogP contribution in [0.25, 0.3) is 0 Å². The number of thiazole rings is 1. The number of aliphatic imine (C=N–C) groups is 3. The molecule has 0 fully saturated rings. The Labute approximate surface area is 167 Å². The summed E-state index contributed by atoms with van der Waals surface area (Å²) in [6.45, 7) is 0. The first-order valence-electron chi connectivity index (χ1n) is 8.73. The van der Waals surface area contributed by atoms with Gasteiger partial charge in [-0.1, -0.05) is 30.3 Å². The van der Waals surface area contributed by atoms with Gasteiger partial charge in [0.15, 0.2) is 11.7 Å². The molecule has 140 valence electrons. The fourth-order valence-electron chi connectivity index (χ4n) is 2.97. The Kier molecular flexibility index (Phi) is 4.99.